The van der Waals surface area contributed by atoms with Crippen LogP contribution in [0.5, 0.6) is 11.5 Å². The van der Waals surface area contributed by atoms with Crippen molar-refractivity contribution in [3.63, 3.8) is 0 Å². The number of ether oxygens (including phenoxy) is 2. The summed E-state index contributed by atoms with van der Waals surface area (Å²) in [5.74, 6) is 0.522. The van der Waals surface area contributed by atoms with Crippen LogP contribution in [0.1, 0.15) is 15.9 Å². The number of anilines is 1. The summed E-state index contributed by atoms with van der Waals surface area (Å²) in [5.41, 5.74) is 1.67. The molecule has 5 rings (SSSR count). The number of benzene rings is 3. The number of nitrogens with zero attached hydrogens (tertiary/aromatic N) is 2. The van der Waals surface area contributed by atoms with Crippen molar-refractivity contribution >= 4 is 32.6 Å². The van der Waals surface area contributed by atoms with Gasteiger partial charge in [-0.1, -0.05) is 47.7 Å². The second-order valence-corrected chi connectivity index (χ2v) is 7.83. The highest BCUT2D eigenvalue weighted by Gasteiger charge is 2.24. The van der Waals surface area contributed by atoms with Crippen LogP contribution >= 0.6 is 11.3 Å². The van der Waals surface area contributed by atoms with Crippen molar-refractivity contribution < 1.29 is 18.7 Å². The van der Waals surface area contributed by atoms with Crippen molar-refractivity contribution in [2.45, 2.75) is 6.54 Å². The third-order valence-corrected chi connectivity index (χ3v) is 5.85. The zero-order chi connectivity index (χ0) is 20.5. The van der Waals surface area contributed by atoms with Crippen LogP contribution in [0.3, 0.4) is 0 Å². The number of halogens is 1. The monoisotopic (exact) mass is 420 g/mol. The van der Waals surface area contributed by atoms with Gasteiger partial charge in [0.1, 0.15) is 24.5 Å². The molecule has 0 bridgehead atoms. The van der Waals surface area contributed by atoms with Gasteiger partial charge in [-0.3, -0.25) is 9.69 Å². The zero-order valence-electron chi connectivity index (χ0n) is 15.9. The predicted octanol–water partition coefficient (Wildman–Crippen LogP) is 5.05. The molecule has 30 heavy (non-hydrogen) atoms. The van der Waals surface area contributed by atoms with Gasteiger partial charge in [-0.2, -0.15) is 0 Å². The first-order valence-electron chi connectivity index (χ1n) is 9.49. The first kappa shape index (κ1) is 18.6. The third-order valence-electron chi connectivity index (χ3n) is 4.81. The minimum Gasteiger partial charge on any atom is -0.486 e. The summed E-state index contributed by atoms with van der Waals surface area (Å²) in [6, 6.07) is 19.6. The maximum Gasteiger partial charge on any atom is 0.260 e. The molecule has 0 aliphatic carbocycles. The second-order valence-electron chi connectivity index (χ2n) is 6.82. The lowest BCUT2D eigenvalue weighted by Crippen LogP contribution is -2.30. The molecule has 150 valence electrons. The van der Waals surface area contributed by atoms with Gasteiger partial charge >= 0.3 is 0 Å². The molecule has 0 atom stereocenters. The lowest BCUT2D eigenvalue weighted by Gasteiger charge is -2.22. The molecule has 2 heterocycles. The van der Waals surface area contributed by atoms with E-state index in [2.05, 4.69) is 4.98 Å². The predicted molar refractivity (Wildman–Crippen MR) is 114 cm³/mol. The Balaban J connectivity index is 1.56. The lowest BCUT2D eigenvalue weighted by atomic mass is 10.1. The summed E-state index contributed by atoms with van der Waals surface area (Å²) in [5, 5.41) is 0.443. The van der Waals surface area contributed by atoms with Crippen molar-refractivity contribution in [2.24, 2.45) is 0 Å². The molecule has 0 unspecified atom stereocenters. The fourth-order valence-electron chi connectivity index (χ4n) is 3.34. The molecule has 1 amide bonds. The Hall–Kier alpha value is -3.45. The highest BCUT2D eigenvalue weighted by atomic mass is 32.1. The van der Waals surface area contributed by atoms with E-state index < -0.39 is 5.82 Å². The number of amides is 1. The number of carbonyl (C=O) groups is 1. The van der Waals surface area contributed by atoms with Crippen LogP contribution in [-0.4, -0.2) is 24.1 Å². The Kier molecular flexibility index (Phi) is 4.80. The molecule has 0 spiro atoms. The quantitative estimate of drug-likeness (QED) is 0.463. The Labute approximate surface area is 176 Å². The molecule has 1 aromatic heterocycles. The van der Waals surface area contributed by atoms with E-state index in [-0.39, 0.29) is 11.4 Å². The third kappa shape index (κ3) is 3.48. The first-order valence-corrected chi connectivity index (χ1v) is 10.3. The summed E-state index contributed by atoms with van der Waals surface area (Å²) in [4.78, 5) is 19.5. The Morgan fingerprint density at radius 2 is 1.80 bits per heavy atom. The van der Waals surface area contributed by atoms with E-state index in [9.17, 15) is 9.18 Å². The van der Waals surface area contributed by atoms with E-state index in [1.54, 1.807) is 35.2 Å². The number of thiazole rings is 1. The van der Waals surface area contributed by atoms with Crippen LogP contribution in [0.15, 0.2) is 66.7 Å². The number of hydrogen-bond acceptors (Lipinski definition) is 5. The largest absolute Gasteiger partial charge is 0.486 e. The first-order chi connectivity index (χ1) is 14.7. The fraction of sp³-hybridized carbons (Fsp3) is 0.130. The van der Waals surface area contributed by atoms with E-state index >= 15 is 0 Å². The van der Waals surface area contributed by atoms with E-state index in [0.717, 1.165) is 5.56 Å². The lowest BCUT2D eigenvalue weighted by molar-refractivity contribution is 0.0984. The molecule has 0 radical (unpaired) electrons. The van der Waals surface area contributed by atoms with Gasteiger partial charge in [0.15, 0.2) is 16.6 Å². The maximum absolute atomic E-state index is 14.2. The maximum atomic E-state index is 14.2. The van der Waals surface area contributed by atoms with Crippen LogP contribution in [0.4, 0.5) is 9.52 Å². The Bertz CT molecular complexity index is 1230. The number of para-hydroxylation sites is 1. The summed E-state index contributed by atoms with van der Waals surface area (Å²) in [6.07, 6.45) is 0. The standard InChI is InChI=1S/C23H17FN2O3S/c24-17-7-4-8-20-21(17)25-23(30-20)26(14-15-5-2-1-3-6-15)22(27)16-9-10-18-19(13-16)29-12-11-28-18/h1-10,13H,11-12,14H2. The van der Waals surface area contributed by atoms with Crippen molar-refractivity contribution in [1.82, 2.24) is 4.98 Å². The van der Waals surface area contributed by atoms with Crippen molar-refractivity contribution in [1.29, 1.82) is 0 Å². The van der Waals surface area contributed by atoms with Gasteiger partial charge in [0, 0.05) is 5.56 Å². The van der Waals surface area contributed by atoms with Crippen molar-refractivity contribution in [3.05, 3.63) is 83.7 Å². The molecule has 1 aliphatic heterocycles. The summed E-state index contributed by atoms with van der Waals surface area (Å²) < 4.78 is 26.1. The Morgan fingerprint density at radius 1 is 1.00 bits per heavy atom. The van der Waals surface area contributed by atoms with Crippen LogP contribution < -0.4 is 14.4 Å². The van der Waals surface area contributed by atoms with Crippen LogP contribution in [-0.2, 0) is 6.54 Å². The number of rotatable bonds is 4. The average molecular weight is 420 g/mol. The van der Waals surface area contributed by atoms with Crippen LogP contribution in [0.25, 0.3) is 10.2 Å². The minimum absolute atomic E-state index is 0.240. The molecule has 0 saturated carbocycles. The molecule has 7 heteroatoms. The van der Waals surface area contributed by atoms with Crippen LogP contribution in [0.2, 0.25) is 0 Å². The van der Waals surface area contributed by atoms with E-state index in [1.165, 1.54) is 17.4 Å². The fourth-order valence-corrected chi connectivity index (χ4v) is 4.32. The normalized spacial score (nSPS) is 12.7. The summed E-state index contributed by atoms with van der Waals surface area (Å²) in [6.45, 7) is 1.24. The molecule has 3 aromatic carbocycles. The van der Waals surface area contributed by atoms with Gasteiger partial charge in [0.05, 0.1) is 11.2 Å². The van der Waals surface area contributed by atoms with E-state index in [1.807, 2.05) is 30.3 Å². The second kappa shape index (κ2) is 7.76. The van der Waals surface area contributed by atoms with Gasteiger partial charge in [-0.15, -0.1) is 0 Å². The van der Waals surface area contributed by atoms with Gasteiger partial charge in [-0.05, 0) is 35.9 Å². The number of aromatic nitrogens is 1. The van der Waals surface area contributed by atoms with E-state index in [0.29, 0.717) is 46.7 Å². The highest BCUT2D eigenvalue weighted by molar-refractivity contribution is 7.22. The van der Waals surface area contributed by atoms with Gasteiger partial charge in [-0.25, -0.2) is 9.37 Å². The van der Waals surface area contributed by atoms with Crippen LogP contribution in [0, 0.1) is 5.82 Å². The number of carbonyl (C=O) groups excluding carboxylic acids is 1. The summed E-state index contributed by atoms with van der Waals surface area (Å²) >= 11 is 1.29. The van der Waals surface area contributed by atoms with Gasteiger partial charge in [0.25, 0.3) is 5.91 Å². The zero-order valence-corrected chi connectivity index (χ0v) is 16.7. The van der Waals surface area contributed by atoms with Gasteiger partial charge < -0.3 is 9.47 Å². The van der Waals surface area contributed by atoms with E-state index in [4.69, 9.17) is 9.47 Å². The summed E-state index contributed by atoms with van der Waals surface area (Å²) in [7, 11) is 0. The van der Waals surface area contributed by atoms with Crippen molar-refractivity contribution in [2.75, 3.05) is 18.1 Å². The number of hydrogen-bond donors (Lipinski definition) is 0. The average Bonchev–Trinajstić information content (AvgIpc) is 3.23. The molecule has 1 aliphatic rings. The highest BCUT2D eigenvalue weighted by Crippen LogP contribution is 2.34. The number of fused-ring (bicyclic) bond motifs is 2. The molecule has 0 saturated heterocycles. The molecule has 0 N–H and O–H groups in total. The SMILES string of the molecule is O=C(c1ccc2c(c1)OCCO2)N(Cc1ccccc1)c1nc2c(F)cccc2s1. The molecular formula is C23H17FN2O3S. The van der Waals surface area contributed by atoms with Gasteiger partial charge in [0.2, 0.25) is 0 Å². The molecule has 4 aromatic rings. The Morgan fingerprint density at radius 3 is 2.60 bits per heavy atom. The molecule has 5 nitrogen and oxygen atoms in total. The molecule has 0 fully saturated rings. The smallest absolute Gasteiger partial charge is 0.260 e. The minimum atomic E-state index is -0.401. The topological polar surface area (TPSA) is 51.7 Å². The van der Waals surface area contributed by atoms with Crippen molar-refractivity contribution in [3.8, 4) is 11.5 Å². The molecular weight excluding hydrogens is 403 g/mol.